The third-order valence-electron chi connectivity index (χ3n) is 18.7. The number of rotatable bonds is 2. The molecule has 10 aromatic rings. The molecular formula is C68H69BN2O2S. The molecule has 0 radical (unpaired) electrons. The van der Waals surface area contributed by atoms with Crippen molar-refractivity contribution in [3.63, 3.8) is 0 Å². The number of para-hydroxylation sites is 1. The summed E-state index contributed by atoms with van der Waals surface area (Å²) in [7, 11) is 0. The van der Waals surface area contributed by atoms with Crippen molar-refractivity contribution in [1.82, 2.24) is 0 Å². The van der Waals surface area contributed by atoms with E-state index in [2.05, 4.69) is 222 Å². The van der Waals surface area contributed by atoms with Crippen LogP contribution in [0.25, 0.3) is 64.2 Å². The fourth-order valence-corrected chi connectivity index (χ4v) is 15.0. The summed E-state index contributed by atoms with van der Waals surface area (Å²) in [5.74, 6) is 0. The second-order valence-corrected chi connectivity index (χ2v) is 28.6. The number of nitrogens with zero attached hydrogens (tertiary/aromatic N) is 2. The Morgan fingerprint density at radius 1 is 0.473 bits per heavy atom. The van der Waals surface area contributed by atoms with E-state index in [9.17, 15) is 0 Å². The van der Waals surface area contributed by atoms with E-state index in [1.54, 1.807) is 0 Å². The number of fused-ring (bicyclic) bond motifs is 15. The van der Waals surface area contributed by atoms with Crippen molar-refractivity contribution in [3.8, 4) is 11.1 Å². The van der Waals surface area contributed by atoms with Crippen LogP contribution >= 0.6 is 11.3 Å². The van der Waals surface area contributed by atoms with E-state index in [1.807, 2.05) is 11.3 Å². The van der Waals surface area contributed by atoms with Crippen LogP contribution in [0.2, 0.25) is 0 Å². The van der Waals surface area contributed by atoms with Crippen molar-refractivity contribution < 1.29 is 8.83 Å². The average molecular weight is 989 g/mol. The molecule has 14 rings (SSSR count). The molecule has 7 aromatic carbocycles. The van der Waals surface area contributed by atoms with Crippen LogP contribution in [0.3, 0.4) is 0 Å². The van der Waals surface area contributed by atoms with Crippen LogP contribution in [-0.2, 0) is 32.5 Å². The van der Waals surface area contributed by atoms with Crippen molar-refractivity contribution in [2.24, 2.45) is 0 Å². The van der Waals surface area contributed by atoms with E-state index in [1.165, 1.54) is 88.7 Å². The van der Waals surface area contributed by atoms with Gasteiger partial charge in [0.2, 0.25) is 0 Å². The zero-order chi connectivity index (χ0) is 51.6. The number of thiophene rings is 1. The molecule has 3 aromatic heterocycles. The minimum absolute atomic E-state index is 0.000848. The predicted molar refractivity (Wildman–Crippen MR) is 318 cm³/mol. The van der Waals surface area contributed by atoms with Gasteiger partial charge in [0, 0.05) is 59.0 Å². The van der Waals surface area contributed by atoms with Crippen LogP contribution in [0.1, 0.15) is 156 Å². The lowest BCUT2D eigenvalue weighted by Crippen LogP contribution is -2.61. The topological polar surface area (TPSA) is 32.8 Å². The number of hydrogen-bond acceptors (Lipinski definition) is 5. The van der Waals surface area contributed by atoms with Crippen molar-refractivity contribution >= 4 is 111 Å². The molecule has 0 saturated heterocycles. The Morgan fingerprint density at radius 2 is 0.986 bits per heavy atom. The van der Waals surface area contributed by atoms with E-state index in [-0.39, 0.29) is 39.3 Å². The maximum absolute atomic E-state index is 7.73. The molecule has 5 heterocycles. The highest BCUT2D eigenvalue weighted by molar-refractivity contribution is 7.25. The normalized spacial score (nSPS) is 18.3. The van der Waals surface area contributed by atoms with Crippen molar-refractivity contribution in [2.45, 2.75) is 155 Å². The van der Waals surface area contributed by atoms with Gasteiger partial charge < -0.3 is 18.5 Å². The summed E-state index contributed by atoms with van der Waals surface area (Å²) in [6.07, 6.45) is 4.64. The predicted octanol–water partition coefficient (Wildman–Crippen LogP) is 18.7. The summed E-state index contributed by atoms with van der Waals surface area (Å²) in [5, 5.41) is 6.08. The summed E-state index contributed by atoms with van der Waals surface area (Å²) in [4.78, 5) is 5.18. The van der Waals surface area contributed by atoms with Gasteiger partial charge in [0.25, 0.3) is 0 Å². The molecule has 2 aliphatic heterocycles. The SMILES string of the molecule is CC(C)(C)c1ccc(N2B3c4oc5cc6c(cc5c4N(c4ccc(C(C)(C)C)cc4)c4c3c(cc3c4oc4ccccc43)-c3cc4c(cc32)sc2cc3c(cc24)C(C)(C)CCC3(C)C)C(C)(C)CCC6(C)C)cc1. The van der Waals surface area contributed by atoms with Gasteiger partial charge in [0.15, 0.2) is 5.58 Å². The molecule has 2 aliphatic carbocycles. The summed E-state index contributed by atoms with van der Waals surface area (Å²) >= 11 is 1.95. The summed E-state index contributed by atoms with van der Waals surface area (Å²) in [5.41, 5.74) is 21.6. The van der Waals surface area contributed by atoms with Gasteiger partial charge in [-0.2, -0.15) is 0 Å². The molecule has 74 heavy (non-hydrogen) atoms. The average Bonchev–Trinajstić information content (AvgIpc) is 4.18. The lowest BCUT2D eigenvalue weighted by molar-refractivity contribution is 0.332. The maximum atomic E-state index is 7.73. The molecule has 0 N–H and O–H groups in total. The van der Waals surface area contributed by atoms with Gasteiger partial charge in [0.05, 0.1) is 11.4 Å². The van der Waals surface area contributed by atoms with Gasteiger partial charge in [-0.15, -0.1) is 11.3 Å². The van der Waals surface area contributed by atoms with Gasteiger partial charge in [0.1, 0.15) is 16.8 Å². The molecule has 0 fully saturated rings. The first-order chi connectivity index (χ1) is 34.9. The fraction of sp³-hybridized carbons (Fsp3) is 0.353. The molecule has 0 atom stereocenters. The first kappa shape index (κ1) is 46.3. The van der Waals surface area contributed by atoms with Gasteiger partial charge >= 0.3 is 6.85 Å². The number of furan rings is 2. The Bertz CT molecular complexity index is 4050. The van der Waals surface area contributed by atoms with Gasteiger partial charge in [-0.3, -0.25) is 0 Å². The standard InChI is InChI=1S/C68H69BN2O2S/c1-63(2,3)38-19-23-40(24-20-38)70-59-48-34-50-51(67(11,12)29-27-66(50,9)10)35-55(48)73-62(59)69-58-46(32-47-42-17-15-16-18-54(42)72-61(47)60(58)70)43-31-44-45-33-49-52(68(13,14)30-28-65(49,7)8)36-56(45)74-57(44)37-53(43)71(69)41-25-21-39(22-26-41)64(4,5)6/h15-26,31-37H,27-30H2,1-14H3. The van der Waals surface area contributed by atoms with Crippen LogP contribution in [0.15, 0.2) is 124 Å². The van der Waals surface area contributed by atoms with E-state index < -0.39 is 0 Å². The molecule has 4 aliphatic rings. The van der Waals surface area contributed by atoms with Gasteiger partial charge in [-0.05, 0) is 175 Å². The molecular weight excluding hydrogens is 920 g/mol. The Hall–Kier alpha value is -6.24. The maximum Gasteiger partial charge on any atom is 0.376 e. The highest BCUT2D eigenvalue weighted by atomic mass is 32.1. The van der Waals surface area contributed by atoms with Crippen molar-refractivity contribution in [1.29, 1.82) is 0 Å². The number of hydrogen-bond donors (Lipinski definition) is 0. The zero-order valence-corrected chi connectivity index (χ0v) is 46.8. The Labute approximate surface area is 441 Å². The van der Waals surface area contributed by atoms with Crippen molar-refractivity contribution in [3.05, 3.63) is 149 Å². The van der Waals surface area contributed by atoms with Crippen LogP contribution in [0.5, 0.6) is 0 Å². The van der Waals surface area contributed by atoms with E-state index in [0.717, 1.165) is 74.2 Å². The summed E-state index contributed by atoms with van der Waals surface area (Å²) in [6, 6.07) is 45.1. The molecule has 6 heteroatoms. The van der Waals surface area contributed by atoms with E-state index in [4.69, 9.17) is 8.83 Å². The third kappa shape index (κ3) is 6.45. The van der Waals surface area contributed by atoms with Crippen LogP contribution < -0.4 is 20.8 Å². The molecule has 372 valence electrons. The second-order valence-electron chi connectivity index (χ2n) is 27.5. The zero-order valence-electron chi connectivity index (χ0n) is 46.0. The van der Waals surface area contributed by atoms with Crippen LogP contribution in [0, 0.1) is 0 Å². The monoisotopic (exact) mass is 989 g/mol. The number of benzene rings is 7. The summed E-state index contributed by atoms with van der Waals surface area (Å²) < 4.78 is 17.7. The minimum Gasteiger partial charge on any atom is -0.466 e. The first-order valence-electron chi connectivity index (χ1n) is 27.4. The van der Waals surface area contributed by atoms with E-state index in [0.29, 0.717) is 0 Å². The second kappa shape index (κ2) is 14.8. The smallest absolute Gasteiger partial charge is 0.376 e. The minimum atomic E-state index is -0.322. The largest absolute Gasteiger partial charge is 0.466 e. The van der Waals surface area contributed by atoms with Gasteiger partial charge in [-0.1, -0.05) is 139 Å². The molecule has 0 amide bonds. The van der Waals surface area contributed by atoms with E-state index >= 15 is 0 Å². The number of anilines is 5. The lowest BCUT2D eigenvalue weighted by atomic mass is 9.45. The Morgan fingerprint density at radius 3 is 1.59 bits per heavy atom. The highest BCUT2D eigenvalue weighted by Gasteiger charge is 2.51. The third-order valence-corrected chi connectivity index (χ3v) is 19.8. The van der Waals surface area contributed by atoms with Gasteiger partial charge in [-0.25, -0.2) is 0 Å². The Kier molecular flexibility index (Phi) is 9.25. The molecule has 4 nitrogen and oxygen atoms in total. The quantitative estimate of drug-likeness (QED) is 0.162. The Balaban J connectivity index is 1.15. The summed E-state index contributed by atoms with van der Waals surface area (Å²) in [6.45, 7) is 33.0. The molecule has 0 unspecified atom stereocenters. The molecule has 0 spiro atoms. The molecule has 0 saturated carbocycles. The lowest BCUT2D eigenvalue weighted by Gasteiger charge is -2.44. The van der Waals surface area contributed by atoms with Crippen LogP contribution in [0.4, 0.5) is 28.4 Å². The van der Waals surface area contributed by atoms with Crippen molar-refractivity contribution in [2.75, 3.05) is 9.71 Å². The van der Waals surface area contributed by atoms with Crippen LogP contribution in [-0.4, -0.2) is 6.85 Å². The first-order valence-corrected chi connectivity index (χ1v) is 28.2. The fourth-order valence-electron chi connectivity index (χ4n) is 13.9. The molecule has 0 bridgehead atoms. The highest BCUT2D eigenvalue weighted by Crippen LogP contribution is 2.57.